The molecule has 0 spiro atoms. The van der Waals surface area contributed by atoms with Gasteiger partial charge in [-0.3, -0.25) is 4.90 Å². The van der Waals surface area contributed by atoms with Gasteiger partial charge in [0, 0.05) is 31.2 Å². The van der Waals surface area contributed by atoms with Gasteiger partial charge in [-0.15, -0.1) is 0 Å². The third-order valence-electron chi connectivity index (χ3n) is 2.98. The van der Waals surface area contributed by atoms with E-state index in [4.69, 9.17) is 0 Å². The molecule has 2 rings (SSSR count). The lowest BCUT2D eigenvalue weighted by Crippen LogP contribution is -2.53. The summed E-state index contributed by atoms with van der Waals surface area (Å²) < 4.78 is 0. The highest BCUT2D eigenvalue weighted by atomic mass is 15.2. The third-order valence-corrected chi connectivity index (χ3v) is 2.98. The van der Waals surface area contributed by atoms with Crippen molar-refractivity contribution in [2.45, 2.75) is 65.6 Å². The number of likely N-dealkylation sites (tertiary alicyclic amines) is 1. The monoisotopic (exact) mass is 212 g/mol. The van der Waals surface area contributed by atoms with E-state index >= 15 is 0 Å². The number of nitrogens with zero attached hydrogens (tertiary/aromatic N) is 1. The van der Waals surface area contributed by atoms with Crippen LogP contribution in [0.5, 0.6) is 0 Å². The number of rotatable bonds is 1. The van der Waals surface area contributed by atoms with Crippen molar-refractivity contribution in [1.29, 1.82) is 0 Å². The zero-order valence-electron chi connectivity index (χ0n) is 11.1. The lowest BCUT2D eigenvalue weighted by atomic mass is 10.2. The molecule has 2 aliphatic heterocycles. The van der Waals surface area contributed by atoms with E-state index in [-0.39, 0.29) is 0 Å². The summed E-state index contributed by atoms with van der Waals surface area (Å²) in [6, 6.07) is 2.34. The molecular formula is C13H28N2. The minimum Gasteiger partial charge on any atom is -0.309 e. The van der Waals surface area contributed by atoms with Crippen molar-refractivity contribution in [2.75, 3.05) is 13.1 Å². The van der Waals surface area contributed by atoms with Crippen LogP contribution in [0.25, 0.3) is 0 Å². The van der Waals surface area contributed by atoms with E-state index in [0.29, 0.717) is 0 Å². The minimum atomic E-state index is 0.736. The van der Waals surface area contributed by atoms with Crippen molar-refractivity contribution in [3.63, 3.8) is 0 Å². The van der Waals surface area contributed by atoms with E-state index in [0.717, 1.165) is 24.0 Å². The van der Waals surface area contributed by atoms with Crippen molar-refractivity contribution >= 4 is 0 Å². The van der Waals surface area contributed by atoms with Gasteiger partial charge >= 0.3 is 0 Å². The molecule has 2 bridgehead atoms. The predicted octanol–water partition coefficient (Wildman–Crippen LogP) is 2.49. The quantitative estimate of drug-likeness (QED) is 0.718. The smallest absolute Gasteiger partial charge is 0.0198 e. The zero-order valence-corrected chi connectivity index (χ0v) is 11.1. The Labute approximate surface area is 95.4 Å². The molecule has 2 heterocycles. The summed E-state index contributed by atoms with van der Waals surface area (Å²) >= 11 is 0. The van der Waals surface area contributed by atoms with Crippen LogP contribution in [0, 0.1) is 5.92 Å². The van der Waals surface area contributed by atoms with Crippen LogP contribution in [-0.2, 0) is 0 Å². The molecule has 2 nitrogen and oxygen atoms in total. The van der Waals surface area contributed by atoms with E-state index in [9.17, 15) is 0 Å². The van der Waals surface area contributed by atoms with E-state index < -0.39 is 0 Å². The van der Waals surface area contributed by atoms with Crippen molar-refractivity contribution in [1.82, 2.24) is 10.2 Å². The average molecular weight is 212 g/mol. The third kappa shape index (κ3) is 4.52. The first-order chi connectivity index (χ1) is 6.99. The van der Waals surface area contributed by atoms with Gasteiger partial charge < -0.3 is 5.32 Å². The van der Waals surface area contributed by atoms with Gasteiger partial charge in [0.15, 0.2) is 0 Å². The molecule has 0 amide bonds. The van der Waals surface area contributed by atoms with Gasteiger partial charge in [-0.1, -0.05) is 20.8 Å². The molecule has 0 aromatic heterocycles. The molecule has 2 saturated heterocycles. The first-order valence-electron chi connectivity index (χ1n) is 6.49. The van der Waals surface area contributed by atoms with Gasteiger partial charge in [0.05, 0.1) is 0 Å². The number of hydrogen-bond acceptors (Lipinski definition) is 2. The molecule has 0 radical (unpaired) electrons. The summed E-state index contributed by atoms with van der Waals surface area (Å²) in [5, 5.41) is 3.63. The molecule has 2 aliphatic rings. The van der Waals surface area contributed by atoms with Crippen LogP contribution in [0.15, 0.2) is 0 Å². The summed E-state index contributed by atoms with van der Waals surface area (Å²) in [6.07, 6.45) is 2.79. The summed E-state index contributed by atoms with van der Waals surface area (Å²) in [4.78, 5) is 2.60. The summed E-state index contributed by atoms with van der Waals surface area (Å²) in [7, 11) is 0. The molecule has 2 heteroatoms. The molecule has 90 valence electrons. The Morgan fingerprint density at radius 3 is 1.67 bits per heavy atom. The topological polar surface area (TPSA) is 15.3 Å². The van der Waals surface area contributed by atoms with Crippen LogP contribution in [-0.4, -0.2) is 36.1 Å². The van der Waals surface area contributed by atoms with Gasteiger partial charge in [-0.05, 0) is 32.6 Å². The Bertz CT molecular complexity index is 163. The lowest BCUT2D eigenvalue weighted by Gasteiger charge is -2.35. The maximum Gasteiger partial charge on any atom is 0.0198 e. The van der Waals surface area contributed by atoms with Crippen LogP contribution < -0.4 is 5.32 Å². The number of piperazine rings is 1. The first kappa shape index (κ1) is 13.0. The highest BCUT2D eigenvalue weighted by Gasteiger charge is 2.32. The average Bonchev–Trinajstić information content (AvgIpc) is 2.44. The maximum absolute atomic E-state index is 3.63. The molecule has 2 atom stereocenters. The highest BCUT2D eigenvalue weighted by molar-refractivity contribution is 4.93. The van der Waals surface area contributed by atoms with Gasteiger partial charge in [0.1, 0.15) is 0 Å². The summed E-state index contributed by atoms with van der Waals surface area (Å²) in [6.45, 7) is 13.6. The molecule has 0 unspecified atom stereocenters. The van der Waals surface area contributed by atoms with Crippen LogP contribution >= 0.6 is 0 Å². The van der Waals surface area contributed by atoms with E-state index in [2.05, 4.69) is 44.8 Å². The molecular weight excluding hydrogens is 184 g/mol. The molecule has 15 heavy (non-hydrogen) atoms. The second-order valence-corrected chi connectivity index (χ2v) is 5.92. The maximum atomic E-state index is 3.63. The van der Waals surface area contributed by atoms with Gasteiger partial charge in [-0.25, -0.2) is 0 Å². The second-order valence-electron chi connectivity index (χ2n) is 5.92. The fourth-order valence-corrected chi connectivity index (χ4v) is 2.25. The van der Waals surface area contributed by atoms with Gasteiger partial charge in [-0.2, -0.15) is 0 Å². The van der Waals surface area contributed by atoms with Gasteiger partial charge in [0.25, 0.3) is 0 Å². The minimum absolute atomic E-state index is 0.736. The van der Waals surface area contributed by atoms with Gasteiger partial charge in [0.2, 0.25) is 0 Å². The Hall–Kier alpha value is -0.0800. The molecule has 0 aromatic carbocycles. The van der Waals surface area contributed by atoms with Crippen molar-refractivity contribution in [3.05, 3.63) is 0 Å². The molecule has 0 saturated carbocycles. The Kier molecular flexibility index (Phi) is 5.07. The predicted molar refractivity (Wildman–Crippen MR) is 67.2 cm³/mol. The van der Waals surface area contributed by atoms with Crippen LogP contribution in [0.3, 0.4) is 0 Å². The summed E-state index contributed by atoms with van der Waals surface area (Å²) in [5.41, 5.74) is 0. The Balaban J connectivity index is 0.000000245. The van der Waals surface area contributed by atoms with E-state index in [1.54, 1.807) is 0 Å². The molecule has 1 N–H and O–H groups in total. The van der Waals surface area contributed by atoms with Crippen molar-refractivity contribution in [3.8, 4) is 0 Å². The molecule has 2 fully saturated rings. The van der Waals surface area contributed by atoms with Crippen LogP contribution in [0.1, 0.15) is 47.5 Å². The molecule has 0 aromatic rings. The van der Waals surface area contributed by atoms with E-state index in [1.165, 1.54) is 25.9 Å². The fraction of sp³-hybridized carbons (Fsp3) is 1.00. The molecule has 0 aliphatic carbocycles. The Morgan fingerprint density at radius 1 is 0.933 bits per heavy atom. The fourth-order valence-electron chi connectivity index (χ4n) is 2.25. The van der Waals surface area contributed by atoms with Crippen LogP contribution in [0.2, 0.25) is 0 Å². The van der Waals surface area contributed by atoms with E-state index in [1.807, 2.05) is 0 Å². The zero-order chi connectivity index (χ0) is 11.4. The normalized spacial score (nSPS) is 30.6. The largest absolute Gasteiger partial charge is 0.309 e. The summed E-state index contributed by atoms with van der Waals surface area (Å²) in [5.74, 6) is 0.833. The lowest BCUT2D eigenvalue weighted by molar-refractivity contribution is 0.158. The first-order valence-corrected chi connectivity index (χ1v) is 6.49. The highest BCUT2D eigenvalue weighted by Crippen LogP contribution is 2.21. The Morgan fingerprint density at radius 2 is 1.33 bits per heavy atom. The SMILES string of the molecule is CC(C)C.CC(C)N1C[C@H]2CC[C@@H](C1)N2. The number of fused-ring (bicyclic) bond motifs is 2. The standard InChI is InChI=1S/C9H18N2.C4H10/c1-7(2)11-5-8-3-4-9(6-11)10-8;1-4(2)3/h7-10H,3-6H2,1-2H3;4H,1-3H3/t8-,9+;. The number of hydrogen-bond donors (Lipinski definition) is 1. The number of nitrogens with one attached hydrogen (secondary N) is 1. The van der Waals surface area contributed by atoms with Crippen molar-refractivity contribution in [2.24, 2.45) is 5.92 Å². The van der Waals surface area contributed by atoms with Crippen molar-refractivity contribution < 1.29 is 0 Å². The van der Waals surface area contributed by atoms with Crippen LogP contribution in [0.4, 0.5) is 0 Å². The second kappa shape index (κ2) is 5.86.